The Labute approximate surface area is 145 Å². The molecule has 9 heteroatoms. The molecule has 132 valence electrons. The highest BCUT2D eigenvalue weighted by Crippen LogP contribution is 2.22. The molecule has 1 aliphatic heterocycles. The quantitative estimate of drug-likeness (QED) is 0.696. The first kappa shape index (κ1) is 16.0. The zero-order valence-electron chi connectivity index (χ0n) is 14.4. The van der Waals surface area contributed by atoms with E-state index in [-0.39, 0.29) is 0 Å². The standard InChI is InChI=1S/C16H22N8O/c1-3-13-18-14(20-19-13)10-23-6-7-24-11(9-23)8-12(21-24)15(25)16-17-4-5-22(16)2/h4-5,8,15,25H,3,6-7,9-10H2,1-2H3,(H,18,19,20)/t15-/m1/s1. The third-order valence-corrected chi connectivity index (χ3v) is 4.55. The minimum atomic E-state index is -0.812. The van der Waals surface area contributed by atoms with Crippen LogP contribution in [0.2, 0.25) is 0 Å². The van der Waals surface area contributed by atoms with Gasteiger partial charge in [0.2, 0.25) is 0 Å². The third-order valence-electron chi connectivity index (χ3n) is 4.55. The Balaban J connectivity index is 1.48. The number of aryl methyl sites for hydroxylation is 2. The molecule has 0 fully saturated rings. The van der Waals surface area contributed by atoms with Crippen molar-refractivity contribution in [1.82, 2.24) is 39.4 Å². The van der Waals surface area contributed by atoms with Crippen LogP contribution in [0.3, 0.4) is 0 Å². The molecule has 0 spiro atoms. The van der Waals surface area contributed by atoms with E-state index in [4.69, 9.17) is 0 Å². The van der Waals surface area contributed by atoms with Gasteiger partial charge in [0, 0.05) is 39.0 Å². The van der Waals surface area contributed by atoms with E-state index < -0.39 is 6.10 Å². The maximum Gasteiger partial charge on any atom is 0.155 e. The number of hydrogen-bond acceptors (Lipinski definition) is 6. The van der Waals surface area contributed by atoms with Crippen molar-refractivity contribution in [2.45, 2.75) is 39.1 Å². The van der Waals surface area contributed by atoms with Crippen LogP contribution in [-0.4, -0.2) is 51.1 Å². The normalized spacial score (nSPS) is 16.1. The molecule has 0 aromatic carbocycles. The van der Waals surface area contributed by atoms with Crippen molar-refractivity contribution in [1.29, 1.82) is 0 Å². The van der Waals surface area contributed by atoms with Crippen molar-refractivity contribution in [3.05, 3.63) is 47.3 Å². The Morgan fingerprint density at radius 3 is 2.96 bits per heavy atom. The second kappa shape index (κ2) is 6.41. The molecule has 3 aromatic rings. The van der Waals surface area contributed by atoms with E-state index in [1.807, 2.05) is 35.5 Å². The summed E-state index contributed by atoms with van der Waals surface area (Å²) in [5.74, 6) is 2.33. The summed E-state index contributed by atoms with van der Waals surface area (Å²) in [6.45, 7) is 5.21. The summed E-state index contributed by atoms with van der Waals surface area (Å²) in [4.78, 5) is 11.0. The van der Waals surface area contributed by atoms with Crippen LogP contribution in [0.5, 0.6) is 0 Å². The molecule has 0 unspecified atom stereocenters. The first-order valence-electron chi connectivity index (χ1n) is 8.48. The summed E-state index contributed by atoms with van der Waals surface area (Å²) in [5, 5.41) is 22.3. The fraction of sp³-hybridized carbons (Fsp3) is 0.500. The van der Waals surface area contributed by atoms with Crippen LogP contribution in [0.4, 0.5) is 0 Å². The predicted octanol–water partition coefficient (Wildman–Crippen LogP) is 0.395. The number of H-pyrrole nitrogens is 1. The van der Waals surface area contributed by atoms with Crippen LogP contribution < -0.4 is 0 Å². The molecule has 1 atom stereocenters. The second-order valence-corrected chi connectivity index (χ2v) is 6.35. The van der Waals surface area contributed by atoms with E-state index in [1.165, 1.54) is 0 Å². The summed E-state index contributed by atoms with van der Waals surface area (Å²) in [6.07, 6.45) is 3.52. The molecule has 0 amide bonds. The van der Waals surface area contributed by atoms with Crippen LogP contribution in [0.25, 0.3) is 0 Å². The van der Waals surface area contributed by atoms with Crippen molar-refractivity contribution in [2.24, 2.45) is 7.05 Å². The summed E-state index contributed by atoms with van der Waals surface area (Å²) in [5.41, 5.74) is 1.73. The number of fused-ring (bicyclic) bond motifs is 1. The number of rotatable bonds is 5. The Hall–Kier alpha value is -2.52. The van der Waals surface area contributed by atoms with E-state index in [2.05, 4.69) is 30.2 Å². The van der Waals surface area contributed by atoms with Crippen LogP contribution in [0, 0.1) is 0 Å². The van der Waals surface area contributed by atoms with Gasteiger partial charge in [0.15, 0.2) is 6.10 Å². The van der Waals surface area contributed by atoms with Crippen molar-refractivity contribution in [3.63, 3.8) is 0 Å². The van der Waals surface area contributed by atoms with E-state index >= 15 is 0 Å². The molecule has 0 aliphatic carbocycles. The number of nitrogens with zero attached hydrogens (tertiary/aromatic N) is 7. The molecular weight excluding hydrogens is 320 g/mol. The molecule has 0 radical (unpaired) electrons. The average Bonchev–Trinajstić information content (AvgIpc) is 3.33. The van der Waals surface area contributed by atoms with Gasteiger partial charge in [-0.3, -0.25) is 14.7 Å². The highest BCUT2D eigenvalue weighted by molar-refractivity contribution is 5.19. The second-order valence-electron chi connectivity index (χ2n) is 6.35. The van der Waals surface area contributed by atoms with Gasteiger partial charge in [0.25, 0.3) is 0 Å². The molecule has 2 N–H and O–H groups in total. The number of aliphatic hydroxyl groups is 1. The average molecular weight is 342 g/mol. The van der Waals surface area contributed by atoms with Gasteiger partial charge in [0.1, 0.15) is 17.5 Å². The van der Waals surface area contributed by atoms with Crippen LogP contribution in [0.1, 0.15) is 41.9 Å². The van der Waals surface area contributed by atoms with Gasteiger partial charge in [0.05, 0.1) is 24.5 Å². The maximum absolute atomic E-state index is 10.5. The molecule has 3 aromatic heterocycles. The molecule has 0 bridgehead atoms. The van der Waals surface area contributed by atoms with Crippen molar-refractivity contribution in [2.75, 3.05) is 6.54 Å². The van der Waals surface area contributed by atoms with Gasteiger partial charge < -0.3 is 9.67 Å². The molecule has 9 nitrogen and oxygen atoms in total. The van der Waals surface area contributed by atoms with Crippen LogP contribution in [0.15, 0.2) is 18.5 Å². The molecule has 4 rings (SSSR count). The third kappa shape index (κ3) is 3.08. The van der Waals surface area contributed by atoms with E-state index in [0.29, 0.717) is 11.5 Å². The minimum absolute atomic E-state index is 0.598. The molecule has 0 saturated heterocycles. The zero-order chi connectivity index (χ0) is 17.4. The summed E-state index contributed by atoms with van der Waals surface area (Å²) in [7, 11) is 1.87. The van der Waals surface area contributed by atoms with Crippen molar-refractivity contribution in [3.8, 4) is 0 Å². The molecule has 0 saturated carbocycles. The fourth-order valence-electron chi connectivity index (χ4n) is 3.16. The molecule has 4 heterocycles. The molecular formula is C16H22N8O. The number of imidazole rings is 1. The minimum Gasteiger partial charge on any atom is -0.379 e. The number of aliphatic hydroxyl groups excluding tert-OH is 1. The van der Waals surface area contributed by atoms with Gasteiger partial charge in [-0.25, -0.2) is 9.97 Å². The fourth-order valence-corrected chi connectivity index (χ4v) is 3.16. The summed E-state index contributed by atoms with van der Waals surface area (Å²) < 4.78 is 3.78. The SMILES string of the molecule is CCc1n[nH]c(CN2CCn3nc([C@@H](O)c4nccn4C)cc3C2)n1. The molecule has 1 aliphatic rings. The summed E-state index contributed by atoms with van der Waals surface area (Å²) >= 11 is 0. The van der Waals surface area contributed by atoms with E-state index in [1.54, 1.807) is 6.20 Å². The zero-order valence-corrected chi connectivity index (χ0v) is 14.4. The number of aromatic amines is 1. The van der Waals surface area contributed by atoms with Gasteiger partial charge in [-0.05, 0) is 6.07 Å². The Kier molecular flexibility index (Phi) is 4.10. The first-order valence-corrected chi connectivity index (χ1v) is 8.48. The van der Waals surface area contributed by atoms with Crippen molar-refractivity contribution >= 4 is 0 Å². The topological polar surface area (TPSA) is 101 Å². The molecule has 25 heavy (non-hydrogen) atoms. The largest absolute Gasteiger partial charge is 0.379 e. The smallest absolute Gasteiger partial charge is 0.155 e. The lowest BCUT2D eigenvalue weighted by Gasteiger charge is -2.26. The number of hydrogen-bond donors (Lipinski definition) is 2. The van der Waals surface area contributed by atoms with E-state index in [0.717, 1.165) is 49.9 Å². The Morgan fingerprint density at radius 1 is 1.36 bits per heavy atom. The highest BCUT2D eigenvalue weighted by atomic mass is 16.3. The lowest BCUT2D eigenvalue weighted by Crippen LogP contribution is -2.33. The number of aromatic nitrogens is 7. The van der Waals surface area contributed by atoms with Crippen LogP contribution in [-0.2, 0) is 33.1 Å². The van der Waals surface area contributed by atoms with E-state index in [9.17, 15) is 5.11 Å². The first-order chi connectivity index (χ1) is 12.1. The van der Waals surface area contributed by atoms with Gasteiger partial charge in [-0.15, -0.1) is 0 Å². The predicted molar refractivity (Wildman–Crippen MR) is 89.4 cm³/mol. The monoisotopic (exact) mass is 342 g/mol. The van der Waals surface area contributed by atoms with Gasteiger partial charge >= 0.3 is 0 Å². The lowest BCUT2D eigenvalue weighted by molar-refractivity contribution is 0.192. The van der Waals surface area contributed by atoms with Crippen LogP contribution >= 0.6 is 0 Å². The lowest BCUT2D eigenvalue weighted by atomic mass is 10.2. The van der Waals surface area contributed by atoms with Gasteiger partial charge in [-0.1, -0.05) is 6.92 Å². The Morgan fingerprint density at radius 2 is 2.24 bits per heavy atom. The number of nitrogens with one attached hydrogen (secondary N) is 1. The summed E-state index contributed by atoms with van der Waals surface area (Å²) in [6, 6.07) is 1.96. The Bertz CT molecular complexity index is 863. The maximum atomic E-state index is 10.5. The highest BCUT2D eigenvalue weighted by Gasteiger charge is 2.24. The van der Waals surface area contributed by atoms with Crippen molar-refractivity contribution < 1.29 is 5.11 Å². The van der Waals surface area contributed by atoms with Gasteiger partial charge in [-0.2, -0.15) is 10.2 Å².